The molecule has 0 fully saturated rings. The Morgan fingerprint density at radius 3 is 2.44 bits per heavy atom. The minimum absolute atomic E-state index is 0.305. The van der Waals surface area contributed by atoms with Crippen molar-refractivity contribution in [2.75, 3.05) is 12.4 Å². The molecular weight excluding hydrogens is 361 g/mol. The molecule has 0 unspecified atom stereocenters. The van der Waals surface area contributed by atoms with Crippen LogP contribution in [-0.4, -0.2) is 17.1 Å². The van der Waals surface area contributed by atoms with Crippen LogP contribution < -0.4 is 5.32 Å². The van der Waals surface area contributed by atoms with E-state index in [2.05, 4.69) is 15.3 Å². The summed E-state index contributed by atoms with van der Waals surface area (Å²) in [5, 5.41) is 3.90. The highest BCUT2D eigenvalue weighted by molar-refractivity contribution is 7.94. The minimum atomic E-state index is -0.391. The second kappa shape index (κ2) is 7.73. The van der Waals surface area contributed by atoms with E-state index in [0.29, 0.717) is 16.9 Å². The number of para-hydroxylation sites is 1. The van der Waals surface area contributed by atoms with Crippen molar-refractivity contribution in [2.24, 2.45) is 0 Å². The Hall–Kier alpha value is -2.96. The predicted molar refractivity (Wildman–Crippen MR) is 108 cm³/mol. The highest BCUT2D eigenvalue weighted by Crippen LogP contribution is 2.34. The van der Waals surface area contributed by atoms with Gasteiger partial charge in [0, 0.05) is 46.0 Å². The fourth-order valence-corrected chi connectivity index (χ4v) is 3.29. The molecule has 2 heterocycles. The summed E-state index contributed by atoms with van der Waals surface area (Å²) in [6, 6.07) is 18.6. The van der Waals surface area contributed by atoms with Crippen molar-refractivity contribution in [1.29, 1.82) is 0 Å². The van der Waals surface area contributed by atoms with E-state index in [-0.39, 0.29) is 0 Å². The molecule has 0 atom stereocenters. The second-order valence-corrected chi connectivity index (χ2v) is 6.77. The summed E-state index contributed by atoms with van der Waals surface area (Å²) in [6.07, 6.45) is 3.33. The molecule has 0 bridgehead atoms. The van der Waals surface area contributed by atoms with Gasteiger partial charge in [-0.2, -0.15) is 0 Å². The van der Waals surface area contributed by atoms with Crippen LogP contribution in [0.4, 0.5) is 15.8 Å². The van der Waals surface area contributed by atoms with Crippen LogP contribution in [0.5, 0.6) is 0 Å². The molecule has 1 N–H and O–H groups in total. The summed E-state index contributed by atoms with van der Waals surface area (Å²) in [7, 11) is 1.61. The molecule has 0 aliphatic heterocycles. The van der Waals surface area contributed by atoms with Crippen LogP contribution in [0.2, 0.25) is 0 Å². The third-order valence-corrected chi connectivity index (χ3v) is 4.72. The van der Waals surface area contributed by atoms with Crippen molar-refractivity contribution in [3.05, 3.63) is 78.9 Å². The van der Waals surface area contributed by atoms with Gasteiger partial charge in [0.1, 0.15) is 5.69 Å². The Labute approximate surface area is 160 Å². The number of hydrogen-bond acceptors (Lipinski definition) is 5. The number of halogens is 1. The number of anilines is 2. The number of hydrogen-bond donors (Lipinski definition) is 1. The predicted octanol–water partition coefficient (Wildman–Crippen LogP) is 5.83. The Morgan fingerprint density at radius 1 is 0.963 bits per heavy atom. The van der Waals surface area contributed by atoms with Gasteiger partial charge < -0.3 is 9.50 Å². The third kappa shape index (κ3) is 3.63. The van der Waals surface area contributed by atoms with Crippen LogP contribution in [0.3, 0.4) is 0 Å². The lowest BCUT2D eigenvalue weighted by molar-refractivity contribution is 0.490. The summed E-state index contributed by atoms with van der Waals surface area (Å²) in [4.78, 5) is 9.50. The second-order valence-electron chi connectivity index (χ2n) is 5.80. The molecule has 134 valence electrons. The highest BCUT2D eigenvalue weighted by Gasteiger charge is 2.17. The Balaban J connectivity index is 1.85. The number of aromatic nitrogens is 2. The van der Waals surface area contributed by atoms with Crippen molar-refractivity contribution < 1.29 is 8.57 Å². The number of nitrogens with zero attached hydrogens (tertiary/aromatic N) is 2. The normalized spacial score (nSPS) is 10.9. The smallest absolute Gasteiger partial charge is 0.173 e. The molecular formula is C21H16FN3OS. The zero-order chi connectivity index (χ0) is 18.6. The van der Waals surface area contributed by atoms with Gasteiger partial charge in [0.05, 0.1) is 18.3 Å². The first-order valence-corrected chi connectivity index (χ1v) is 9.07. The maximum atomic E-state index is 15.5. The van der Waals surface area contributed by atoms with Crippen LogP contribution in [0.1, 0.15) is 0 Å². The van der Waals surface area contributed by atoms with Gasteiger partial charge in [0.15, 0.2) is 5.82 Å². The van der Waals surface area contributed by atoms with Gasteiger partial charge in [0.2, 0.25) is 0 Å². The molecule has 2 aromatic heterocycles. The number of pyridine rings is 2. The molecule has 0 aliphatic carbocycles. The third-order valence-electron chi connectivity index (χ3n) is 4.09. The molecule has 6 heteroatoms. The monoisotopic (exact) mass is 377 g/mol. The van der Waals surface area contributed by atoms with Crippen molar-refractivity contribution in [3.8, 4) is 11.3 Å². The van der Waals surface area contributed by atoms with Gasteiger partial charge >= 0.3 is 0 Å². The number of benzene rings is 2. The topological polar surface area (TPSA) is 47.0 Å². The maximum absolute atomic E-state index is 15.5. The van der Waals surface area contributed by atoms with E-state index in [1.807, 2.05) is 48.5 Å². The zero-order valence-electron chi connectivity index (χ0n) is 14.5. The minimum Gasteiger partial charge on any atom is -0.352 e. The van der Waals surface area contributed by atoms with Gasteiger partial charge in [-0.05, 0) is 30.3 Å². The van der Waals surface area contributed by atoms with Crippen LogP contribution in [0.15, 0.2) is 78.0 Å². The summed E-state index contributed by atoms with van der Waals surface area (Å²) in [6.45, 7) is 0. The standard InChI is InChI=1S/C21H16FN3OS/c1-26-27-16-8-6-14(7-9-16)20-19(22)21(24-15-10-12-23-13-11-15)17-4-2-3-5-18(17)25-20/h2-13H,1H3,(H,23,24,25). The molecule has 4 rings (SSSR count). The van der Waals surface area contributed by atoms with Gasteiger partial charge in [-0.3, -0.25) is 4.98 Å². The van der Waals surface area contributed by atoms with Gasteiger partial charge in [-0.15, -0.1) is 0 Å². The van der Waals surface area contributed by atoms with Crippen LogP contribution in [0.25, 0.3) is 22.2 Å². The fourth-order valence-electron chi connectivity index (χ4n) is 2.85. The molecule has 0 aliphatic rings. The molecule has 0 saturated carbocycles. The molecule has 27 heavy (non-hydrogen) atoms. The lowest BCUT2D eigenvalue weighted by atomic mass is 10.1. The molecule has 4 nitrogen and oxygen atoms in total. The van der Waals surface area contributed by atoms with E-state index in [9.17, 15) is 0 Å². The number of nitrogens with one attached hydrogen (secondary N) is 1. The number of fused-ring (bicyclic) bond motifs is 1. The Kier molecular flexibility index (Phi) is 5.00. The fraction of sp³-hybridized carbons (Fsp3) is 0.0476. The van der Waals surface area contributed by atoms with E-state index in [1.54, 1.807) is 31.6 Å². The maximum Gasteiger partial charge on any atom is 0.173 e. The van der Waals surface area contributed by atoms with Crippen molar-refractivity contribution in [3.63, 3.8) is 0 Å². The van der Waals surface area contributed by atoms with Gasteiger partial charge in [-0.1, -0.05) is 30.3 Å². The summed E-state index contributed by atoms with van der Waals surface area (Å²) < 4.78 is 20.5. The highest BCUT2D eigenvalue weighted by atomic mass is 32.2. The lowest BCUT2D eigenvalue weighted by Crippen LogP contribution is -2.00. The molecule has 4 aromatic rings. The summed E-state index contributed by atoms with van der Waals surface area (Å²) in [5.74, 6) is -0.391. The van der Waals surface area contributed by atoms with Gasteiger partial charge in [0.25, 0.3) is 0 Å². The average Bonchev–Trinajstić information content (AvgIpc) is 2.72. The Bertz CT molecular complexity index is 1070. The molecule has 2 aromatic carbocycles. The molecule has 0 radical (unpaired) electrons. The Morgan fingerprint density at radius 2 is 1.70 bits per heavy atom. The van der Waals surface area contributed by atoms with E-state index in [1.165, 1.54) is 12.0 Å². The first-order valence-electron chi connectivity index (χ1n) is 8.32. The van der Waals surface area contributed by atoms with Crippen molar-refractivity contribution in [1.82, 2.24) is 9.97 Å². The average molecular weight is 377 g/mol. The van der Waals surface area contributed by atoms with Crippen LogP contribution >= 0.6 is 12.0 Å². The van der Waals surface area contributed by atoms with Gasteiger partial charge in [-0.25, -0.2) is 9.37 Å². The first-order chi connectivity index (χ1) is 13.3. The number of rotatable bonds is 5. The molecule has 0 amide bonds. The summed E-state index contributed by atoms with van der Waals surface area (Å²) >= 11 is 1.26. The van der Waals surface area contributed by atoms with Crippen LogP contribution in [-0.2, 0) is 4.18 Å². The molecule has 0 spiro atoms. The SMILES string of the molecule is COSc1ccc(-c2nc3ccccc3c(Nc3ccncc3)c2F)cc1. The van der Waals surface area contributed by atoms with Crippen LogP contribution in [0, 0.1) is 5.82 Å². The van der Waals surface area contributed by atoms with E-state index in [4.69, 9.17) is 4.18 Å². The van der Waals surface area contributed by atoms with E-state index in [0.717, 1.165) is 21.5 Å². The van der Waals surface area contributed by atoms with E-state index >= 15 is 4.39 Å². The molecule has 0 saturated heterocycles. The quantitative estimate of drug-likeness (QED) is 0.443. The first kappa shape index (κ1) is 17.5. The van der Waals surface area contributed by atoms with Crippen molar-refractivity contribution in [2.45, 2.75) is 4.90 Å². The van der Waals surface area contributed by atoms with Crippen molar-refractivity contribution >= 4 is 34.3 Å². The van der Waals surface area contributed by atoms with E-state index < -0.39 is 5.82 Å². The zero-order valence-corrected chi connectivity index (χ0v) is 15.3. The summed E-state index contributed by atoms with van der Waals surface area (Å²) in [5.41, 5.74) is 2.90. The largest absolute Gasteiger partial charge is 0.352 e. The lowest BCUT2D eigenvalue weighted by Gasteiger charge is -2.14.